The Hall–Kier alpha value is -1.01. The first kappa shape index (κ1) is 13.0. The van der Waals surface area contributed by atoms with Gasteiger partial charge in [0, 0.05) is 12.5 Å². The molecule has 14 heavy (non-hydrogen) atoms. The van der Waals surface area contributed by atoms with Crippen LogP contribution in [0, 0.1) is 18.3 Å². The minimum Gasteiger partial charge on any atom is -0.351 e. The Morgan fingerprint density at radius 2 is 2.14 bits per heavy atom. The summed E-state index contributed by atoms with van der Waals surface area (Å²) < 4.78 is 0. The van der Waals surface area contributed by atoms with Gasteiger partial charge in [-0.1, -0.05) is 20.8 Å². The zero-order valence-electron chi connectivity index (χ0n) is 9.21. The fourth-order valence-electron chi connectivity index (χ4n) is 1.04. The van der Waals surface area contributed by atoms with Gasteiger partial charge >= 0.3 is 0 Å². The van der Waals surface area contributed by atoms with Gasteiger partial charge in [-0.15, -0.1) is 12.3 Å². The second-order valence-corrected chi connectivity index (χ2v) is 3.79. The number of hydrogen-bond acceptors (Lipinski definition) is 2. The molecule has 2 atom stereocenters. The zero-order valence-corrected chi connectivity index (χ0v) is 9.21. The summed E-state index contributed by atoms with van der Waals surface area (Å²) >= 11 is 0. The van der Waals surface area contributed by atoms with Crippen LogP contribution < -0.4 is 11.1 Å². The third kappa shape index (κ3) is 4.29. The second-order valence-electron chi connectivity index (χ2n) is 3.79. The first-order chi connectivity index (χ1) is 6.52. The third-order valence-electron chi connectivity index (χ3n) is 2.22. The van der Waals surface area contributed by atoms with Crippen molar-refractivity contribution in [3.63, 3.8) is 0 Å². The molecule has 0 aromatic rings. The first-order valence-corrected chi connectivity index (χ1v) is 5.02. The molecular weight excluding hydrogens is 176 g/mol. The lowest BCUT2D eigenvalue weighted by molar-refractivity contribution is -0.123. The van der Waals surface area contributed by atoms with E-state index in [9.17, 15) is 4.79 Å². The number of nitrogens with two attached hydrogens (primary N) is 1. The molecule has 0 radical (unpaired) electrons. The van der Waals surface area contributed by atoms with Crippen molar-refractivity contribution in [2.75, 3.05) is 0 Å². The van der Waals surface area contributed by atoms with Crippen LogP contribution in [0.15, 0.2) is 0 Å². The molecule has 0 aliphatic rings. The Labute approximate surface area is 86.4 Å². The molecule has 3 heteroatoms. The number of carbonyl (C=O) groups excluding carboxylic acids is 1. The van der Waals surface area contributed by atoms with Crippen LogP contribution in [0.5, 0.6) is 0 Å². The van der Waals surface area contributed by atoms with Crippen molar-refractivity contribution in [2.45, 2.75) is 45.7 Å². The smallest absolute Gasteiger partial charge is 0.237 e. The fourth-order valence-corrected chi connectivity index (χ4v) is 1.04. The summed E-state index contributed by atoms with van der Waals surface area (Å²) in [5.74, 6) is 2.58. The van der Waals surface area contributed by atoms with Crippen molar-refractivity contribution in [1.29, 1.82) is 0 Å². The standard InChI is InChI=1S/C11H20N2O/c1-5-7-9(6-2)13-11(14)10(12)8(3)4/h1,8-10H,6-7,12H2,2-4H3,(H,13,14). The molecule has 0 fully saturated rings. The molecule has 0 saturated carbocycles. The van der Waals surface area contributed by atoms with Crippen LogP contribution >= 0.6 is 0 Å². The van der Waals surface area contributed by atoms with E-state index in [1.807, 2.05) is 20.8 Å². The summed E-state index contributed by atoms with van der Waals surface area (Å²) in [6.45, 7) is 5.84. The first-order valence-electron chi connectivity index (χ1n) is 5.02. The van der Waals surface area contributed by atoms with Crippen LogP contribution in [0.1, 0.15) is 33.6 Å². The molecule has 2 unspecified atom stereocenters. The van der Waals surface area contributed by atoms with Gasteiger partial charge in [0.25, 0.3) is 0 Å². The van der Waals surface area contributed by atoms with E-state index in [2.05, 4.69) is 11.2 Å². The van der Waals surface area contributed by atoms with Crippen molar-refractivity contribution in [1.82, 2.24) is 5.32 Å². The molecule has 0 aromatic heterocycles. The Morgan fingerprint density at radius 1 is 1.57 bits per heavy atom. The number of nitrogens with one attached hydrogen (secondary N) is 1. The predicted octanol–water partition coefficient (Wildman–Crippen LogP) is 0.888. The van der Waals surface area contributed by atoms with Crippen LogP contribution in [-0.2, 0) is 4.79 Å². The van der Waals surface area contributed by atoms with Gasteiger partial charge in [0.15, 0.2) is 0 Å². The lowest BCUT2D eigenvalue weighted by atomic mass is 10.0. The van der Waals surface area contributed by atoms with E-state index in [0.717, 1.165) is 6.42 Å². The summed E-state index contributed by atoms with van der Waals surface area (Å²) in [6, 6.07) is -0.390. The summed E-state index contributed by atoms with van der Waals surface area (Å²) in [6.07, 6.45) is 6.58. The molecular formula is C11H20N2O. The van der Waals surface area contributed by atoms with Crippen molar-refractivity contribution in [2.24, 2.45) is 11.7 Å². The SMILES string of the molecule is C#CCC(CC)NC(=O)C(N)C(C)C. The van der Waals surface area contributed by atoms with Gasteiger partial charge in [-0.25, -0.2) is 0 Å². The summed E-state index contributed by atoms with van der Waals surface area (Å²) in [5, 5.41) is 2.84. The molecule has 0 aliphatic carbocycles. The van der Waals surface area contributed by atoms with Crippen molar-refractivity contribution >= 4 is 5.91 Å². The van der Waals surface area contributed by atoms with Crippen LogP contribution in [0.2, 0.25) is 0 Å². The summed E-state index contributed by atoms with van der Waals surface area (Å²) in [7, 11) is 0. The Balaban J connectivity index is 4.09. The van der Waals surface area contributed by atoms with Crippen LogP contribution in [0.25, 0.3) is 0 Å². The molecule has 0 heterocycles. The maximum absolute atomic E-state index is 11.5. The van der Waals surface area contributed by atoms with Crippen molar-refractivity contribution < 1.29 is 4.79 Å². The molecule has 1 amide bonds. The number of rotatable bonds is 5. The normalized spacial score (nSPS) is 14.6. The second kappa shape index (κ2) is 6.44. The van der Waals surface area contributed by atoms with E-state index < -0.39 is 6.04 Å². The van der Waals surface area contributed by atoms with Gasteiger partial charge in [0.2, 0.25) is 5.91 Å². The average molecular weight is 196 g/mol. The van der Waals surface area contributed by atoms with E-state index in [1.54, 1.807) is 0 Å². The molecule has 0 aromatic carbocycles. The van der Waals surface area contributed by atoms with E-state index >= 15 is 0 Å². The monoisotopic (exact) mass is 196 g/mol. The molecule has 80 valence electrons. The number of terminal acetylenes is 1. The Morgan fingerprint density at radius 3 is 2.50 bits per heavy atom. The fraction of sp³-hybridized carbons (Fsp3) is 0.727. The molecule has 0 aliphatic heterocycles. The van der Waals surface area contributed by atoms with Gasteiger partial charge in [-0.05, 0) is 12.3 Å². The maximum atomic E-state index is 11.5. The van der Waals surface area contributed by atoms with Gasteiger partial charge in [0.1, 0.15) is 0 Å². The highest BCUT2D eigenvalue weighted by Crippen LogP contribution is 2.01. The van der Waals surface area contributed by atoms with Gasteiger partial charge in [-0.3, -0.25) is 4.79 Å². The molecule has 3 nitrogen and oxygen atoms in total. The van der Waals surface area contributed by atoms with Crippen LogP contribution in [-0.4, -0.2) is 18.0 Å². The topological polar surface area (TPSA) is 55.1 Å². The predicted molar refractivity (Wildman–Crippen MR) is 58.5 cm³/mol. The molecule has 0 rings (SSSR count). The highest BCUT2D eigenvalue weighted by molar-refractivity contribution is 5.82. The number of amides is 1. The maximum Gasteiger partial charge on any atom is 0.237 e. The lowest BCUT2D eigenvalue weighted by Crippen LogP contribution is -2.47. The molecule has 3 N–H and O–H groups in total. The van der Waals surface area contributed by atoms with Crippen LogP contribution in [0.3, 0.4) is 0 Å². The highest BCUT2D eigenvalue weighted by atomic mass is 16.2. The largest absolute Gasteiger partial charge is 0.351 e. The van der Waals surface area contributed by atoms with Crippen molar-refractivity contribution in [3.05, 3.63) is 0 Å². The average Bonchev–Trinajstić information content (AvgIpc) is 2.15. The van der Waals surface area contributed by atoms with Gasteiger partial charge < -0.3 is 11.1 Å². The Kier molecular flexibility index (Phi) is 5.98. The van der Waals surface area contributed by atoms with E-state index in [4.69, 9.17) is 12.2 Å². The summed E-state index contributed by atoms with van der Waals surface area (Å²) in [4.78, 5) is 11.5. The minimum atomic E-state index is -0.443. The van der Waals surface area contributed by atoms with E-state index in [0.29, 0.717) is 6.42 Å². The van der Waals surface area contributed by atoms with E-state index in [-0.39, 0.29) is 17.9 Å². The third-order valence-corrected chi connectivity index (χ3v) is 2.22. The summed E-state index contributed by atoms with van der Waals surface area (Å²) in [5.41, 5.74) is 5.70. The molecule has 0 spiro atoms. The van der Waals surface area contributed by atoms with E-state index in [1.165, 1.54) is 0 Å². The lowest BCUT2D eigenvalue weighted by Gasteiger charge is -2.19. The van der Waals surface area contributed by atoms with Gasteiger partial charge in [0.05, 0.1) is 6.04 Å². The highest BCUT2D eigenvalue weighted by Gasteiger charge is 2.19. The van der Waals surface area contributed by atoms with Crippen LogP contribution in [0.4, 0.5) is 0 Å². The molecule has 0 bridgehead atoms. The van der Waals surface area contributed by atoms with Gasteiger partial charge in [-0.2, -0.15) is 0 Å². The number of hydrogen-bond donors (Lipinski definition) is 2. The minimum absolute atomic E-state index is 0.0531. The van der Waals surface area contributed by atoms with Crippen molar-refractivity contribution in [3.8, 4) is 12.3 Å². The number of carbonyl (C=O) groups is 1. The Bertz CT molecular complexity index is 218. The molecule has 0 saturated heterocycles. The quantitative estimate of drug-likeness (QED) is 0.642. The zero-order chi connectivity index (χ0) is 11.1.